The molecule has 0 saturated heterocycles. The summed E-state index contributed by atoms with van der Waals surface area (Å²) in [5.74, 6) is 0.977. The van der Waals surface area contributed by atoms with Crippen LogP contribution < -0.4 is 5.73 Å². The molecule has 0 saturated carbocycles. The minimum absolute atomic E-state index is 0.789. The fourth-order valence-corrected chi connectivity index (χ4v) is 3.54. The fourth-order valence-electron chi connectivity index (χ4n) is 1.95. The average molecular weight is 322 g/mol. The van der Waals surface area contributed by atoms with E-state index in [4.69, 9.17) is 5.73 Å². The molecule has 2 rings (SSSR count). The summed E-state index contributed by atoms with van der Waals surface area (Å²) < 4.78 is 1.07. The highest BCUT2D eigenvalue weighted by atomic mass is 79.9. The van der Waals surface area contributed by atoms with Crippen LogP contribution in [0.5, 0.6) is 0 Å². The van der Waals surface area contributed by atoms with Crippen LogP contribution in [0.4, 0.5) is 5.69 Å². The fraction of sp³-hybridized carbons (Fsp3) is 0.200. The Morgan fingerprint density at radius 1 is 1.06 bits per heavy atom. The summed E-state index contributed by atoms with van der Waals surface area (Å²) in [7, 11) is 0. The Bertz CT molecular complexity index is 546. The SMILES string of the molecule is Cc1cc(C)cc(CSc2ccc(N)cc2Br)c1. The highest BCUT2D eigenvalue weighted by Gasteiger charge is 2.03. The van der Waals surface area contributed by atoms with E-state index in [1.807, 2.05) is 23.9 Å². The third-order valence-electron chi connectivity index (χ3n) is 2.63. The third kappa shape index (κ3) is 3.53. The Kier molecular flexibility index (Phi) is 4.36. The predicted molar refractivity (Wildman–Crippen MR) is 84.0 cm³/mol. The number of nitrogens with two attached hydrogens (primary N) is 1. The molecule has 18 heavy (non-hydrogen) atoms. The van der Waals surface area contributed by atoms with Gasteiger partial charge in [-0.3, -0.25) is 0 Å². The topological polar surface area (TPSA) is 26.0 Å². The lowest BCUT2D eigenvalue weighted by Crippen LogP contribution is -1.87. The first-order valence-electron chi connectivity index (χ1n) is 5.79. The maximum Gasteiger partial charge on any atom is 0.0331 e. The second kappa shape index (κ2) is 5.81. The van der Waals surface area contributed by atoms with E-state index in [2.05, 4.69) is 54.0 Å². The number of aryl methyl sites for hydroxylation is 2. The van der Waals surface area contributed by atoms with Crippen molar-refractivity contribution in [3.63, 3.8) is 0 Å². The number of anilines is 1. The van der Waals surface area contributed by atoms with Crippen molar-refractivity contribution < 1.29 is 0 Å². The van der Waals surface area contributed by atoms with E-state index in [0.717, 1.165) is 15.9 Å². The quantitative estimate of drug-likeness (QED) is 0.640. The van der Waals surface area contributed by atoms with Crippen LogP contribution in [0.25, 0.3) is 0 Å². The molecule has 2 aromatic rings. The molecule has 0 heterocycles. The van der Waals surface area contributed by atoms with Crippen molar-refractivity contribution in [3.8, 4) is 0 Å². The molecule has 0 fully saturated rings. The van der Waals surface area contributed by atoms with Crippen molar-refractivity contribution in [1.82, 2.24) is 0 Å². The Balaban J connectivity index is 2.11. The summed E-state index contributed by atoms with van der Waals surface area (Å²) >= 11 is 5.37. The van der Waals surface area contributed by atoms with Crippen LogP contribution in [0, 0.1) is 13.8 Å². The normalized spacial score (nSPS) is 10.6. The number of hydrogen-bond acceptors (Lipinski definition) is 2. The molecule has 0 radical (unpaired) electrons. The number of rotatable bonds is 3. The lowest BCUT2D eigenvalue weighted by molar-refractivity contribution is 1.29. The number of nitrogen functional groups attached to an aromatic ring is 1. The Labute approximate surface area is 121 Å². The first kappa shape index (κ1) is 13.5. The predicted octanol–water partition coefficient (Wildman–Crippen LogP) is 4.94. The molecule has 0 bridgehead atoms. The molecule has 0 aliphatic rings. The number of benzene rings is 2. The highest BCUT2D eigenvalue weighted by Crippen LogP contribution is 2.31. The lowest BCUT2D eigenvalue weighted by Gasteiger charge is -2.07. The van der Waals surface area contributed by atoms with E-state index in [1.165, 1.54) is 21.6 Å². The van der Waals surface area contributed by atoms with Gasteiger partial charge in [-0.05, 0) is 53.5 Å². The number of halogens is 1. The molecular formula is C15H16BrNS. The first-order valence-corrected chi connectivity index (χ1v) is 7.57. The highest BCUT2D eigenvalue weighted by molar-refractivity contribution is 9.10. The molecule has 3 heteroatoms. The molecule has 0 aliphatic carbocycles. The molecule has 0 aliphatic heterocycles. The van der Waals surface area contributed by atoms with Crippen LogP contribution >= 0.6 is 27.7 Å². The monoisotopic (exact) mass is 321 g/mol. The summed E-state index contributed by atoms with van der Waals surface area (Å²) in [6.07, 6.45) is 0. The second-order valence-corrected chi connectivity index (χ2v) is 6.35. The summed E-state index contributed by atoms with van der Waals surface area (Å²) in [5, 5.41) is 0. The van der Waals surface area contributed by atoms with Gasteiger partial charge in [0.1, 0.15) is 0 Å². The lowest BCUT2D eigenvalue weighted by atomic mass is 10.1. The van der Waals surface area contributed by atoms with Gasteiger partial charge in [-0.25, -0.2) is 0 Å². The van der Waals surface area contributed by atoms with E-state index in [0.29, 0.717) is 0 Å². The van der Waals surface area contributed by atoms with Crippen molar-refractivity contribution in [2.75, 3.05) is 5.73 Å². The molecule has 0 atom stereocenters. The maximum absolute atomic E-state index is 5.74. The molecule has 0 aromatic heterocycles. The Morgan fingerprint density at radius 3 is 2.33 bits per heavy atom. The van der Waals surface area contributed by atoms with E-state index in [-0.39, 0.29) is 0 Å². The average Bonchev–Trinajstić information content (AvgIpc) is 2.26. The van der Waals surface area contributed by atoms with Gasteiger partial charge < -0.3 is 5.73 Å². The minimum atomic E-state index is 0.789. The van der Waals surface area contributed by atoms with Gasteiger partial charge in [-0.1, -0.05) is 29.3 Å². The van der Waals surface area contributed by atoms with E-state index in [9.17, 15) is 0 Å². The van der Waals surface area contributed by atoms with E-state index < -0.39 is 0 Å². The van der Waals surface area contributed by atoms with Gasteiger partial charge in [0, 0.05) is 20.8 Å². The van der Waals surface area contributed by atoms with Crippen molar-refractivity contribution in [3.05, 3.63) is 57.6 Å². The molecule has 1 nitrogen and oxygen atoms in total. The van der Waals surface area contributed by atoms with Gasteiger partial charge in [-0.15, -0.1) is 11.8 Å². The van der Waals surface area contributed by atoms with Crippen molar-refractivity contribution >= 4 is 33.4 Å². The zero-order valence-electron chi connectivity index (χ0n) is 10.5. The molecule has 2 aromatic carbocycles. The zero-order chi connectivity index (χ0) is 13.1. The Hall–Kier alpha value is -0.930. The van der Waals surface area contributed by atoms with Crippen LogP contribution in [-0.4, -0.2) is 0 Å². The molecule has 2 N–H and O–H groups in total. The summed E-state index contributed by atoms with van der Waals surface area (Å²) in [6.45, 7) is 4.28. The van der Waals surface area contributed by atoms with Crippen LogP contribution in [0.3, 0.4) is 0 Å². The molecular weight excluding hydrogens is 306 g/mol. The largest absolute Gasteiger partial charge is 0.399 e. The number of thioether (sulfide) groups is 1. The first-order chi connectivity index (χ1) is 8.54. The summed E-state index contributed by atoms with van der Waals surface area (Å²) in [5.41, 5.74) is 10.5. The van der Waals surface area contributed by atoms with Crippen LogP contribution in [0.1, 0.15) is 16.7 Å². The molecule has 0 unspecified atom stereocenters. The van der Waals surface area contributed by atoms with Gasteiger partial charge in [0.15, 0.2) is 0 Å². The van der Waals surface area contributed by atoms with E-state index >= 15 is 0 Å². The second-order valence-electron chi connectivity index (χ2n) is 4.47. The van der Waals surface area contributed by atoms with Gasteiger partial charge >= 0.3 is 0 Å². The smallest absolute Gasteiger partial charge is 0.0331 e. The van der Waals surface area contributed by atoms with Gasteiger partial charge in [0.05, 0.1) is 0 Å². The standard InChI is InChI=1S/C15H16BrNS/c1-10-5-11(2)7-12(6-10)9-18-15-4-3-13(17)8-14(15)16/h3-8H,9,17H2,1-2H3. The van der Waals surface area contributed by atoms with Crippen molar-refractivity contribution in [1.29, 1.82) is 0 Å². The summed E-state index contributed by atoms with van der Waals surface area (Å²) in [4.78, 5) is 1.23. The maximum atomic E-state index is 5.74. The van der Waals surface area contributed by atoms with Gasteiger partial charge in [-0.2, -0.15) is 0 Å². The van der Waals surface area contributed by atoms with Gasteiger partial charge in [0.2, 0.25) is 0 Å². The zero-order valence-corrected chi connectivity index (χ0v) is 12.9. The van der Waals surface area contributed by atoms with Gasteiger partial charge in [0.25, 0.3) is 0 Å². The molecule has 0 amide bonds. The Morgan fingerprint density at radius 2 is 1.72 bits per heavy atom. The minimum Gasteiger partial charge on any atom is -0.399 e. The van der Waals surface area contributed by atoms with Crippen molar-refractivity contribution in [2.45, 2.75) is 24.5 Å². The molecule has 0 spiro atoms. The number of hydrogen-bond donors (Lipinski definition) is 1. The molecule has 94 valence electrons. The van der Waals surface area contributed by atoms with Crippen LogP contribution in [-0.2, 0) is 5.75 Å². The third-order valence-corrected chi connectivity index (χ3v) is 4.69. The van der Waals surface area contributed by atoms with E-state index in [1.54, 1.807) is 0 Å². The van der Waals surface area contributed by atoms with Crippen molar-refractivity contribution in [2.24, 2.45) is 0 Å². The van der Waals surface area contributed by atoms with Crippen LogP contribution in [0.15, 0.2) is 45.8 Å². The van der Waals surface area contributed by atoms with Crippen LogP contribution in [0.2, 0.25) is 0 Å². The summed E-state index contributed by atoms with van der Waals surface area (Å²) in [6, 6.07) is 12.6.